The molecule has 6 nitrogen and oxygen atoms in total. The Labute approximate surface area is 121 Å². The van der Waals surface area contributed by atoms with E-state index in [0.717, 1.165) is 4.57 Å². The average molecular weight is 299 g/mol. The molecule has 2 rings (SSSR count). The van der Waals surface area contributed by atoms with Crippen molar-refractivity contribution >= 4 is 0 Å². The molecule has 2 heterocycles. The second-order valence-corrected chi connectivity index (χ2v) is 5.96. The summed E-state index contributed by atoms with van der Waals surface area (Å²) < 4.78 is 31.5. The summed E-state index contributed by atoms with van der Waals surface area (Å²) in [5.41, 5.74) is -0.188. The molecule has 0 aromatic carbocycles. The maximum Gasteiger partial charge on any atom is 0.319 e. The summed E-state index contributed by atoms with van der Waals surface area (Å²) in [6.07, 6.45) is 2.62. The number of rotatable bonds is 5. The van der Waals surface area contributed by atoms with Gasteiger partial charge < -0.3 is 4.52 Å². The molecule has 0 unspecified atom stereocenters. The molecule has 0 atom stereocenters. The third-order valence-corrected chi connectivity index (χ3v) is 2.91. The van der Waals surface area contributed by atoms with E-state index in [4.69, 9.17) is 4.52 Å². The summed E-state index contributed by atoms with van der Waals surface area (Å²) in [4.78, 5) is 10.0. The lowest BCUT2D eigenvalue weighted by Gasteiger charge is -2.15. The fourth-order valence-electron chi connectivity index (χ4n) is 1.80. The van der Waals surface area contributed by atoms with E-state index in [1.165, 1.54) is 12.4 Å². The number of hydrogen-bond donors (Lipinski definition) is 0. The highest BCUT2D eigenvalue weighted by Crippen LogP contribution is 2.19. The van der Waals surface area contributed by atoms with Gasteiger partial charge in [0.25, 0.3) is 0 Å². The molecule has 21 heavy (non-hydrogen) atoms. The Balaban J connectivity index is 2.00. The van der Waals surface area contributed by atoms with Crippen molar-refractivity contribution in [3.8, 4) is 0 Å². The maximum atomic E-state index is 12.7. The normalized spacial score (nSPS) is 12.6. The molecule has 2 aromatic rings. The van der Waals surface area contributed by atoms with E-state index < -0.39 is 6.55 Å². The van der Waals surface area contributed by atoms with Gasteiger partial charge in [0.1, 0.15) is 5.82 Å². The van der Waals surface area contributed by atoms with E-state index in [-0.39, 0.29) is 12.0 Å². The first kappa shape index (κ1) is 15.6. The summed E-state index contributed by atoms with van der Waals surface area (Å²) in [5, 5.41) is 3.93. The summed E-state index contributed by atoms with van der Waals surface area (Å²) in [6.45, 7) is 4.02. The summed E-state index contributed by atoms with van der Waals surface area (Å²) in [5.74, 6) is 1.38. The number of aromatic nitrogens is 4. The zero-order valence-electron chi connectivity index (χ0n) is 12.5. The number of imidazole rings is 1. The van der Waals surface area contributed by atoms with E-state index in [2.05, 4.69) is 15.1 Å². The third-order valence-electron chi connectivity index (χ3n) is 2.91. The fraction of sp³-hybridized carbons (Fsp3) is 0.615. The van der Waals surface area contributed by atoms with Crippen LogP contribution in [0.15, 0.2) is 16.9 Å². The minimum atomic E-state index is -2.59. The van der Waals surface area contributed by atoms with Crippen LogP contribution in [0.5, 0.6) is 0 Å². The summed E-state index contributed by atoms with van der Waals surface area (Å²) in [6, 6.07) is 0. The molecule has 0 aliphatic carbocycles. The zero-order valence-corrected chi connectivity index (χ0v) is 12.5. The zero-order chi connectivity index (χ0) is 15.6. The second kappa shape index (κ2) is 5.88. The Morgan fingerprint density at radius 2 is 2.05 bits per heavy atom. The Bertz CT molecular complexity index is 587. The van der Waals surface area contributed by atoms with Crippen molar-refractivity contribution in [1.29, 1.82) is 0 Å². The van der Waals surface area contributed by atoms with Gasteiger partial charge >= 0.3 is 6.55 Å². The predicted molar refractivity (Wildman–Crippen MR) is 71.6 cm³/mol. The van der Waals surface area contributed by atoms with Crippen LogP contribution in [0.2, 0.25) is 0 Å². The van der Waals surface area contributed by atoms with Gasteiger partial charge in [0.15, 0.2) is 5.82 Å². The van der Waals surface area contributed by atoms with Gasteiger partial charge in [-0.05, 0) is 7.05 Å². The monoisotopic (exact) mass is 299 g/mol. The number of halogens is 2. The lowest BCUT2D eigenvalue weighted by Crippen LogP contribution is -2.21. The molecule has 116 valence electrons. The Kier molecular flexibility index (Phi) is 4.36. The lowest BCUT2D eigenvalue weighted by atomic mass is 9.96. The fourth-order valence-corrected chi connectivity index (χ4v) is 1.80. The standard InChI is InChI=1S/C13H19F2N5O/c1-13(2,3)11-17-10(21-18-11)8-19(4)7-9-16-5-6-20(9)12(14)15/h5-6,12H,7-8H2,1-4H3. The predicted octanol–water partition coefficient (Wildman–Crippen LogP) is 2.59. The van der Waals surface area contributed by atoms with E-state index in [1.807, 2.05) is 20.8 Å². The first-order valence-electron chi connectivity index (χ1n) is 6.59. The van der Waals surface area contributed by atoms with E-state index in [9.17, 15) is 8.78 Å². The molecule has 0 saturated heterocycles. The third kappa shape index (κ3) is 3.84. The van der Waals surface area contributed by atoms with Gasteiger partial charge in [-0.3, -0.25) is 9.47 Å². The van der Waals surface area contributed by atoms with E-state index >= 15 is 0 Å². The summed E-state index contributed by atoms with van der Waals surface area (Å²) in [7, 11) is 1.78. The first-order chi connectivity index (χ1) is 9.77. The summed E-state index contributed by atoms with van der Waals surface area (Å²) >= 11 is 0. The molecule has 0 fully saturated rings. The van der Waals surface area contributed by atoms with Gasteiger partial charge in [-0.25, -0.2) is 4.98 Å². The van der Waals surface area contributed by atoms with E-state index in [0.29, 0.717) is 24.1 Å². The van der Waals surface area contributed by atoms with Gasteiger partial charge in [-0.15, -0.1) is 0 Å². The average Bonchev–Trinajstić information content (AvgIpc) is 2.96. The molecule has 0 amide bonds. The quantitative estimate of drug-likeness (QED) is 0.849. The van der Waals surface area contributed by atoms with Gasteiger partial charge in [0.2, 0.25) is 5.89 Å². The molecule has 0 aliphatic rings. The molecule has 0 bridgehead atoms. The van der Waals surface area contributed by atoms with Crippen LogP contribution < -0.4 is 0 Å². The van der Waals surface area contributed by atoms with Crippen LogP contribution >= 0.6 is 0 Å². The van der Waals surface area contributed by atoms with Crippen LogP contribution in [0, 0.1) is 0 Å². The lowest BCUT2D eigenvalue weighted by molar-refractivity contribution is 0.0642. The van der Waals surface area contributed by atoms with Gasteiger partial charge in [0, 0.05) is 17.8 Å². The van der Waals surface area contributed by atoms with Crippen molar-refractivity contribution < 1.29 is 13.3 Å². The van der Waals surface area contributed by atoms with Crippen LogP contribution in [-0.2, 0) is 18.5 Å². The van der Waals surface area contributed by atoms with Crippen LogP contribution in [0.3, 0.4) is 0 Å². The molecule has 0 N–H and O–H groups in total. The Morgan fingerprint density at radius 3 is 2.62 bits per heavy atom. The molecular weight excluding hydrogens is 280 g/mol. The van der Waals surface area contributed by atoms with Crippen molar-refractivity contribution in [1.82, 2.24) is 24.6 Å². The topological polar surface area (TPSA) is 60.0 Å². The molecule has 8 heteroatoms. The molecule has 2 aromatic heterocycles. The van der Waals surface area contributed by atoms with Crippen LogP contribution in [-0.4, -0.2) is 31.6 Å². The highest BCUT2D eigenvalue weighted by Gasteiger charge is 2.21. The second-order valence-electron chi connectivity index (χ2n) is 5.96. The van der Waals surface area contributed by atoms with E-state index in [1.54, 1.807) is 11.9 Å². The first-order valence-corrected chi connectivity index (χ1v) is 6.59. The van der Waals surface area contributed by atoms with Gasteiger partial charge in [0.05, 0.1) is 13.1 Å². The molecule has 0 saturated carbocycles. The number of hydrogen-bond acceptors (Lipinski definition) is 5. The smallest absolute Gasteiger partial charge is 0.319 e. The van der Waals surface area contributed by atoms with Crippen molar-refractivity contribution in [3.63, 3.8) is 0 Å². The molecule has 0 aliphatic heterocycles. The number of nitrogens with zero attached hydrogens (tertiary/aromatic N) is 5. The Morgan fingerprint density at radius 1 is 1.33 bits per heavy atom. The largest absolute Gasteiger partial charge is 0.338 e. The van der Waals surface area contributed by atoms with Gasteiger partial charge in [-0.1, -0.05) is 25.9 Å². The minimum Gasteiger partial charge on any atom is -0.338 e. The Hall–Kier alpha value is -1.83. The maximum absolute atomic E-state index is 12.7. The molecule has 0 radical (unpaired) electrons. The van der Waals surface area contributed by atoms with Crippen LogP contribution in [0.4, 0.5) is 8.78 Å². The highest BCUT2D eigenvalue weighted by atomic mass is 19.3. The van der Waals surface area contributed by atoms with Gasteiger partial charge in [-0.2, -0.15) is 13.8 Å². The van der Waals surface area contributed by atoms with Crippen molar-refractivity contribution in [2.75, 3.05) is 7.05 Å². The van der Waals surface area contributed by atoms with Crippen molar-refractivity contribution in [2.24, 2.45) is 0 Å². The number of alkyl halides is 2. The SMILES string of the molecule is CN(Cc1nc(C(C)(C)C)no1)Cc1nccn1C(F)F. The van der Waals surface area contributed by atoms with Crippen molar-refractivity contribution in [3.05, 3.63) is 29.9 Å². The van der Waals surface area contributed by atoms with Crippen LogP contribution in [0.1, 0.15) is 44.9 Å². The minimum absolute atomic E-state index is 0.188. The van der Waals surface area contributed by atoms with Crippen molar-refractivity contribution in [2.45, 2.75) is 45.8 Å². The molecule has 0 spiro atoms. The highest BCUT2D eigenvalue weighted by molar-refractivity contribution is 5.00. The molecular formula is C13H19F2N5O. The van der Waals surface area contributed by atoms with Crippen LogP contribution in [0.25, 0.3) is 0 Å².